The molecule has 23 heavy (non-hydrogen) atoms. The largest absolute Gasteiger partial charge is 0.455 e. The van der Waals surface area contributed by atoms with Crippen LogP contribution in [0.3, 0.4) is 0 Å². The molecule has 2 aromatic heterocycles. The summed E-state index contributed by atoms with van der Waals surface area (Å²) in [6, 6.07) is 9.41. The average Bonchev–Trinajstić information content (AvgIpc) is 3.16. The molecule has 0 spiro atoms. The first kappa shape index (κ1) is 15.8. The lowest BCUT2D eigenvalue weighted by molar-refractivity contribution is -0.144. The van der Waals surface area contributed by atoms with Gasteiger partial charge in [0.25, 0.3) is 11.8 Å². The molecule has 0 saturated heterocycles. The fourth-order valence-electron chi connectivity index (χ4n) is 1.80. The Balaban J connectivity index is 1.55. The highest BCUT2D eigenvalue weighted by Crippen LogP contribution is 2.30. The number of rotatable bonds is 5. The van der Waals surface area contributed by atoms with Gasteiger partial charge in [-0.3, -0.25) is 4.79 Å². The third kappa shape index (κ3) is 4.23. The Bertz CT molecular complexity index is 816. The van der Waals surface area contributed by atoms with E-state index < -0.39 is 5.97 Å². The number of benzene rings is 1. The minimum Gasteiger partial charge on any atom is -0.455 e. The monoisotopic (exact) mass is 396 g/mol. The molecule has 0 aliphatic heterocycles. The highest BCUT2D eigenvalue weighted by Gasteiger charge is 2.13. The zero-order valence-corrected chi connectivity index (χ0v) is 14.1. The van der Waals surface area contributed by atoms with Gasteiger partial charge in [-0.25, -0.2) is 4.39 Å². The quantitative estimate of drug-likeness (QED) is 0.610. The lowest BCUT2D eigenvalue weighted by atomic mass is 10.1. The molecule has 0 amide bonds. The average molecular weight is 397 g/mol. The Hall–Kier alpha value is -2.06. The Morgan fingerprint density at radius 1 is 1.22 bits per heavy atom. The molecule has 2 heterocycles. The minimum absolute atomic E-state index is 0.0547. The van der Waals surface area contributed by atoms with E-state index in [0.29, 0.717) is 11.5 Å². The van der Waals surface area contributed by atoms with E-state index in [-0.39, 0.29) is 24.7 Å². The summed E-state index contributed by atoms with van der Waals surface area (Å²) in [6.45, 7) is -0.0976. The molecule has 0 saturated carbocycles. The van der Waals surface area contributed by atoms with Crippen LogP contribution in [0.25, 0.3) is 10.8 Å². The van der Waals surface area contributed by atoms with Crippen LogP contribution in [0.4, 0.5) is 4.39 Å². The first-order valence-corrected chi connectivity index (χ1v) is 8.19. The van der Waals surface area contributed by atoms with Gasteiger partial charge in [0.05, 0.1) is 15.1 Å². The highest BCUT2D eigenvalue weighted by molar-refractivity contribution is 9.11. The van der Waals surface area contributed by atoms with Crippen molar-refractivity contribution in [3.63, 3.8) is 0 Å². The first-order valence-electron chi connectivity index (χ1n) is 6.58. The normalized spacial score (nSPS) is 10.7. The van der Waals surface area contributed by atoms with Gasteiger partial charge in [-0.15, -0.1) is 21.5 Å². The lowest BCUT2D eigenvalue weighted by Crippen LogP contribution is -2.08. The third-order valence-corrected chi connectivity index (χ3v) is 4.48. The van der Waals surface area contributed by atoms with Crippen LogP contribution >= 0.6 is 27.3 Å². The number of ether oxygens (including phenoxy) is 1. The fourth-order valence-corrected chi connectivity index (χ4v) is 3.11. The molecule has 3 aromatic rings. The maximum Gasteiger partial charge on any atom is 0.310 e. The van der Waals surface area contributed by atoms with Crippen molar-refractivity contribution >= 4 is 33.2 Å². The van der Waals surface area contributed by atoms with Gasteiger partial charge in [0.1, 0.15) is 5.82 Å². The third-order valence-electron chi connectivity index (χ3n) is 2.87. The number of aromatic nitrogens is 2. The van der Waals surface area contributed by atoms with Gasteiger partial charge >= 0.3 is 5.97 Å². The zero-order chi connectivity index (χ0) is 16.2. The first-order chi connectivity index (χ1) is 11.1. The van der Waals surface area contributed by atoms with Crippen LogP contribution in [-0.2, 0) is 22.6 Å². The number of nitrogens with zero attached hydrogens (tertiary/aromatic N) is 2. The second-order valence-electron chi connectivity index (χ2n) is 4.57. The molecule has 0 unspecified atom stereocenters. The number of carbonyl (C=O) groups is 1. The Labute approximate surface area is 143 Å². The van der Waals surface area contributed by atoms with E-state index in [1.807, 2.05) is 12.1 Å². The molecule has 8 heteroatoms. The SMILES string of the molecule is O=C(Cc1ccc(F)cc1)OCc1nnc(-c2ccc(Br)s2)o1. The smallest absolute Gasteiger partial charge is 0.310 e. The maximum absolute atomic E-state index is 12.8. The summed E-state index contributed by atoms with van der Waals surface area (Å²) in [7, 11) is 0. The van der Waals surface area contributed by atoms with Gasteiger partial charge in [0.15, 0.2) is 6.61 Å². The summed E-state index contributed by atoms with van der Waals surface area (Å²) in [5.74, 6) is -0.196. The number of thiophene rings is 1. The van der Waals surface area contributed by atoms with E-state index in [4.69, 9.17) is 9.15 Å². The number of hydrogen-bond acceptors (Lipinski definition) is 6. The molecule has 0 aliphatic carbocycles. The van der Waals surface area contributed by atoms with Crippen LogP contribution in [0.5, 0.6) is 0 Å². The van der Waals surface area contributed by atoms with Crippen LogP contribution in [0.15, 0.2) is 44.6 Å². The number of halogens is 2. The Morgan fingerprint density at radius 2 is 2.00 bits per heavy atom. The van der Waals surface area contributed by atoms with Crippen molar-refractivity contribution < 1.29 is 18.3 Å². The predicted octanol–water partition coefficient (Wildman–Crippen LogP) is 3.99. The van der Waals surface area contributed by atoms with Crippen molar-refractivity contribution in [1.82, 2.24) is 10.2 Å². The number of hydrogen-bond donors (Lipinski definition) is 0. The summed E-state index contributed by atoms with van der Waals surface area (Å²) in [4.78, 5) is 12.6. The van der Waals surface area contributed by atoms with Gasteiger partial charge in [-0.05, 0) is 45.8 Å². The maximum atomic E-state index is 12.8. The summed E-state index contributed by atoms with van der Waals surface area (Å²) < 4.78 is 24.3. The van der Waals surface area contributed by atoms with Gasteiger partial charge in [-0.1, -0.05) is 12.1 Å². The predicted molar refractivity (Wildman–Crippen MR) is 85.2 cm³/mol. The van der Waals surface area contributed by atoms with Gasteiger partial charge in [-0.2, -0.15) is 0 Å². The lowest BCUT2D eigenvalue weighted by Gasteiger charge is -2.02. The van der Waals surface area contributed by atoms with Crippen LogP contribution in [0, 0.1) is 5.82 Å². The van der Waals surface area contributed by atoms with E-state index in [2.05, 4.69) is 26.1 Å². The number of carbonyl (C=O) groups excluding carboxylic acids is 1. The molecular formula is C15H10BrFN2O3S. The van der Waals surface area contributed by atoms with Crippen LogP contribution < -0.4 is 0 Å². The van der Waals surface area contributed by atoms with Crippen molar-refractivity contribution in [1.29, 1.82) is 0 Å². The van der Waals surface area contributed by atoms with Crippen LogP contribution in [-0.4, -0.2) is 16.2 Å². The van der Waals surface area contributed by atoms with Crippen molar-refractivity contribution in [2.24, 2.45) is 0 Å². The van der Waals surface area contributed by atoms with Gasteiger partial charge in [0, 0.05) is 0 Å². The van der Waals surface area contributed by atoms with Crippen molar-refractivity contribution in [3.05, 3.63) is 57.5 Å². The minimum atomic E-state index is -0.449. The van der Waals surface area contributed by atoms with E-state index in [0.717, 1.165) is 8.66 Å². The topological polar surface area (TPSA) is 65.2 Å². The molecule has 0 N–H and O–H groups in total. The molecule has 0 fully saturated rings. The summed E-state index contributed by atoms with van der Waals surface area (Å²) in [5, 5.41) is 7.75. The van der Waals surface area contributed by atoms with E-state index in [1.165, 1.54) is 35.6 Å². The van der Waals surface area contributed by atoms with Crippen molar-refractivity contribution in [2.75, 3.05) is 0 Å². The van der Waals surface area contributed by atoms with Crippen LogP contribution in [0.1, 0.15) is 11.5 Å². The van der Waals surface area contributed by atoms with Crippen LogP contribution in [0.2, 0.25) is 0 Å². The van der Waals surface area contributed by atoms with Crippen molar-refractivity contribution in [2.45, 2.75) is 13.0 Å². The van der Waals surface area contributed by atoms with E-state index >= 15 is 0 Å². The standard InChI is InChI=1S/C15H10BrFN2O3S/c16-12-6-5-11(23-12)15-19-18-13(22-15)8-21-14(20)7-9-1-3-10(17)4-2-9/h1-6H,7-8H2. The second kappa shape index (κ2) is 7.01. The molecule has 0 bridgehead atoms. The summed E-state index contributed by atoms with van der Waals surface area (Å²) in [5.41, 5.74) is 0.672. The number of esters is 1. The molecule has 0 radical (unpaired) electrons. The van der Waals surface area contributed by atoms with E-state index in [9.17, 15) is 9.18 Å². The molecule has 0 atom stereocenters. The summed E-state index contributed by atoms with van der Waals surface area (Å²) >= 11 is 4.82. The molecule has 118 valence electrons. The molecule has 0 aliphatic rings. The van der Waals surface area contributed by atoms with Gasteiger partial charge in [0.2, 0.25) is 0 Å². The Morgan fingerprint density at radius 3 is 2.70 bits per heavy atom. The second-order valence-corrected chi connectivity index (χ2v) is 7.03. The summed E-state index contributed by atoms with van der Waals surface area (Å²) in [6.07, 6.45) is 0.0547. The molecule has 3 rings (SSSR count). The molecule has 1 aromatic carbocycles. The molecular weight excluding hydrogens is 387 g/mol. The highest BCUT2D eigenvalue weighted by atomic mass is 79.9. The van der Waals surface area contributed by atoms with Crippen molar-refractivity contribution in [3.8, 4) is 10.8 Å². The Kier molecular flexibility index (Phi) is 4.82. The zero-order valence-electron chi connectivity index (χ0n) is 11.7. The van der Waals surface area contributed by atoms with E-state index in [1.54, 1.807) is 0 Å². The van der Waals surface area contributed by atoms with Gasteiger partial charge < -0.3 is 9.15 Å². The molecule has 5 nitrogen and oxygen atoms in total. The fraction of sp³-hybridized carbons (Fsp3) is 0.133.